The summed E-state index contributed by atoms with van der Waals surface area (Å²) >= 11 is 2.91. The Balaban J connectivity index is 1.81. The van der Waals surface area contributed by atoms with Crippen molar-refractivity contribution in [1.29, 1.82) is 0 Å². The van der Waals surface area contributed by atoms with Crippen LogP contribution < -0.4 is 10.6 Å². The lowest BCUT2D eigenvalue weighted by molar-refractivity contribution is 0.0697. The summed E-state index contributed by atoms with van der Waals surface area (Å²) in [5.74, 6) is -1.02. The van der Waals surface area contributed by atoms with Crippen LogP contribution >= 0.6 is 23.1 Å². The first-order valence-electron chi connectivity index (χ1n) is 8.72. The molecule has 0 radical (unpaired) electrons. The number of thioether (sulfide) groups is 1. The molecule has 0 bridgehead atoms. The predicted octanol–water partition coefficient (Wildman–Crippen LogP) is 4.23. The summed E-state index contributed by atoms with van der Waals surface area (Å²) in [6, 6.07) is 19.5. The Morgan fingerprint density at radius 3 is 2.36 bits per heavy atom. The highest BCUT2D eigenvalue weighted by atomic mass is 32.2. The maximum absolute atomic E-state index is 13.3. The monoisotopic (exact) mass is 410 g/mol. The third-order valence-electron chi connectivity index (χ3n) is 4.71. The van der Waals surface area contributed by atoms with Crippen LogP contribution in [0.3, 0.4) is 0 Å². The number of anilines is 1. The third-order valence-corrected chi connectivity index (χ3v) is 6.92. The SMILES string of the molecule is NC1S[C@@H](C(=O)c2ccccc2)[C@H](c2cccs2)N1c1ccccc1C(=O)O. The number of thiophene rings is 1. The number of nitrogens with zero attached hydrogens (tertiary/aromatic N) is 1. The van der Waals surface area contributed by atoms with E-state index in [9.17, 15) is 14.7 Å². The Bertz CT molecular complexity index is 992. The first-order valence-corrected chi connectivity index (χ1v) is 10.5. The molecule has 0 amide bonds. The van der Waals surface area contributed by atoms with Crippen LogP contribution in [0.2, 0.25) is 0 Å². The molecule has 1 aliphatic rings. The summed E-state index contributed by atoms with van der Waals surface area (Å²) < 4.78 is 0. The smallest absolute Gasteiger partial charge is 0.337 e. The van der Waals surface area contributed by atoms with Gasteiger partial charge in [0.1, 0.15) is 5.50 Å². The fourth-order valence-electron chi connectivity index (χ4n) is 3.48. The molecule has 28 heavy (non-hydrogen) atoms. The second-order valence-electron chi connectivity index (χ2n) is 6.37. The number of ketones is 1. The van der Waals surface area contributed by atoms with Crippen LogP contribution in [-0.2, 0) is 0 Å². The van der Waals surface area contributed by atoms with Gasteiger partial charge in [-0.3, -0.25) is 4.79 Å². The topological polar surface area (TPSA) is 83.6 Å². The second-order valence-corrected chi connectivity index (χ2v) is 8.61. The summed E-state index contributed by atoms with van der Waals surface area (Å²) in [5, 5.41) is 11.2. The number of carboxylic acids is 1. The van der Waals surface area contributed by atoms with E-state index in [0.29, 0.717) is 11.3 Å². The van der Waals surface area contributed by atoms with Gasteiger partial charge in [0.05, 0.1) is 22.5 Å². The number of nitrogens with two attached hydrogens (primary N) is 1. The minimum atomic E-state index is -1.02. The van der Waals surface area contributed by atoms with Crippen molar-refractivity contribution < 1.29 is 14.7 Å². The highest BCUT2D eigenvalue weighted by Crippen LogP contribution is 2.48. The van der Waals surface area contributed by atoms with Gasteiger partial charge in [0.2, 0.25) is 0 Å². The van der Waals surface area contributed by atoms with Gasteiger partial charge in [0.15, 0.2) is 5.78 Å². The molecule has 1 fully saturated rings. The molecule has 3 N–H and O–H groups in total. The number of carbonyl (C=O) groups is 2. The van der Waals surface area contributed by atoms with Crippen molar-refractivity contribution in [2.75, 3.05) is 4.90 Å². The van der Waals surface area contributed by atoms with Crippen LogP contribution in [0.15, 0.2) is 72.1 Å². The van der Waals surface area contributed by atoms with Gasteiger partial charge in [-0.2, -0.15) is 0 Å². The fraction of sp³-hybridized carbons (Fsp3) is 0.143. The first kappa shape index (κ1) is 18.7. The van der Waals surface area contributed by atoms with Gasteiger partial charge in [-0.1, -0.05) is 48.5 Å². The number of aromatic carboxylic acids is 1. The quantitative estimate of drug-likeness (QED) is 0.612. The first-order chi connectivity index (χ1) is 13.6. The maximum Gasteiger partial charge on any atom is 0.337 e. The number of carbonyl (C=O) groups excluding carboxylic acids is 1. The van der Waals surface area contributed by atoms with Crippen molar-refractivity contribution in [2.24, 2.45) is 5.73 Å². The van der Waals surface area contributed by atoms with E-state index < -0.39 is 16.7 Å². The molecule has 1 aliphatic heterocycles. The molecule has 0 saturated carbocycles. The van der Waals surface area contributed by atoms with Crippen molar-refractivity contribution in [3.63, 3.8) is 0 Å². The minimum absolute atomic E-state index is 0.00486. The van der Waals surface area contributed by atoms with Gasteiger partial charge < -0.3 is 15.7 Å². The number of Topliss-reactive ketones (excluding diaryl/α,β-unsaturated/α-hetero) is 1. The summed E-state index contributed by atoms with van der Waals surface area (Å²) in [6.07, 6.45) is 0. The lowest BCUT2D eigenvalue weighted by Crippen LogP contribution is -2.39. The Hall–Kier alpha value is -2.61. The molecule has 7 heteroatoms. The molecule has 2 heterocycles. The number of hydrogen-bond acceptors (Lipinski definition) is 6. The summed E-state index contributed by atoms with van der Waals surface area (Å²) in [6.45, 7) is 0. The second kappa shape index (κ2) is 7.79. The fourth-order valence-corrected chi connectivity index (χ4v) is 5.79. The average Bonchev–Trinajstić information content (AvgIpc) is 3.35. The van der Waals surface area contributed by atoms with E-state index >= 15 is 0 Å². The molecule has 3 atom stereocenters. The molecule has 2 aromatic carbocycles. The van der Waals surface area contributed by atoms with Gasteiger partial charge in [0, 0.05) is 10.4 Å². The maximum atomic E-state index is 13.3. The lowest BCUT2D eigenvalue weighted by Gasteiger charge is -2.31. The zero-order chi connectivity index (χ0) is 19.7. The Kier molecular flexibility index (Phi) is 5.21. The molecule has 1 aromatic heterocycles. The van der Waals surface area contributed by atoms with Crippen molar-refractivity contribution in [3.05, 3.63) is 88.1 Å². The number of rotatable bonds is 5. The van der Waals surface area contributed by atoms with E-state index in [1.165, 1.54) is 11.8 Å². The van der Waals surface area contributed by atoms with Crippen molar-refractivity contribution in [2.45, 2.75) is 16.8 Å². The zero-order valence-corrected chi connectivity index (χ0v) is 16.4. The number of benzene rings is 2. The van der Waals surface area contributed by atoms with Gasteiger partial charge in [-0.15, -0.1) is 23.1 Å². The molecule has 0 spiro atoms. The molecule has 142 valence electrons. The lowest BCUT2D eigenvalue weighted by atomic mass is 10.00. The van der Waals surface area contributed by atoms with Crippen LogP contribution in [0.25, 0.3) is 0 Å². The van der Waals surface area contributed by atoms with E-state index in [-0.39, 0.29) is 17.4 Å². The van der Waals surface area contributed by atoms with Gasteiger partial charge in [0.25, 0.3) is 0 Å². The molecular weight excluding hydrogens is 392 g/mol. The predicted molar refractivity (Wildman–Crippen MR) is 113 cm³/mol. The van der Waals surface area contributed by atoms with E-state index in [0.717, 1.165) is 4.88 Å². The van der Waals surface area contributed by atoms with Crippen LogP contribution in [0.1, 0.15) is 31.6 Å². The highest BCUT2D eigenvalue weighted by Gasteiger charge is 2.46. The van der Waals surface area contributed by atoms with Gasteiger partial charge in [-0.25, -0.2) is 4.79 Å². The summed E-state index contributed by atoms with van der Waals surface area (Å²) in [7, 11) is 0. The summed E-state index contributed by atoms with van der Waals surface area (Å²) in [5.41, 5.74) is 7.22. The van der Waals surface area contributed by atoms with Gasteiger partial charge >= 0.3 is 5.97 Å². The van der Waals surface area contributed by atoms with Crippen LogP contribution in [0.4, 0.5) is 5.69 Å². The normalized spacial score (nSPS) is 21.6. The van der Waals surface area contributed by atoms with E-state index in [4.69, 9.17) is 5.73 Å². The van der Waals surface area contributed by atoms with Crippen LogP contribution in [-0.4, -0.2) is 27.6 Å². The van der Waals surface area contributed by atoms with Crippen molar-refractivity contribution >= 4 is 40.5 Å². The highest BCUT2D eigenvalue weighted by molar-refractivity contribution is 8.01. The number of carboxylic acid groups (broad SMARTS) is 1. The van der Waals surface area contributed by atoms with Crippen molar-refractivity contribution in [1.82, 2.24) is 0 Å². The van der Waals surface area contributed by atoms with Crippen LogP contribution in [0, 0.1) is 0 Å². The minimum Gasteiger partial charge on any atom is -0.478 e. The van der Waals surface area contributed by atoms with E-state index in [2.05, 4.69) is 0 Å². The molecule has 1 saturated heterocycles. The molecule has 0 aliphatic carbocycles. The molecular formula is C21H18N2O3S2. The van der Waals surface area contributed by atoms with Crippen LogP contribution in [0.5, 0.6) is 0 Å². The number of para-hydroxylation sites is 1. The number of hydrogen-bond donors (Lipinski definition) is 2. The molecule has 4 rings (SSSR count). The summed E-state index contributed by atoms with van der Waals surface area (Å²) in [4.78, 5) is 27.9. The Morgan fingerprint density at radius 1 is 0.964 bits per heavy atom. The zero-order valence-electron chi connectivity index (χ0n) is 14.8. The van der Waals surface area contributed by atoms with E-state index in [1.54, 1.807) is 47.7 Å². The Labute approximate surface area is 170 Å². The van der Waals surface area contributed by atoms with E-state index in [1.807, 2.05) is 40.6 Å². The largest absolute Gasteiger partial charge is 0.478 e. The molecule has 3 aromatic rings. The standard InChI is InChI=1S/C21H18N2O3S2/c22-21-23(15-10-5-4-9-14(15)20(25)26)17(16-11-6-12-27-16)19(28-21)18(24)13-7-2-1-3-8-13/h1-12,17,19,21H,22H2,(H,25,26)/t17-,19+,21?/m0/s1. The Morgan fingerprint density at radius 2 is 1.68 bits per heavy atom. The molecule has 5 nitrogen and oxygen atoms in total. The third kappa shape index (κ3) is 3.32. The van der Waals surface area contributed by atoms with Gasteiger partial charge in [-0.05, 0) is 23.6 Å². The average molecular weight is 411 g/mol. The van der Waals surface area contributed by atoms with Crippen molar-refractivity contribution in [3.8, 4) is 0 Å². The molecule has 1 unspecified atom stereocenters.